The lowest BCUT2D eigenvalue weighted by Gasteiger charge is -2.06. The standard InChI is InChI=1S/C19H24N6OS2.3ClH/c1-25(2)11-17-23-16(13-28-17)12-27-8-7-21-19-22-10-14(18(26)24-19)9-15-5-3-4-6-20-15;;;/h3-6,10,13H,7-9,11-12H2,1-2H3,(H2,21,22,24,26);3*1H. The smallest absolute Gasteiger partial charge is 0.255 e. The SMILES string of the molecule is CN(C)Cc1nc(CSCCNc2ncc(Cc3ccccn3)c(=O)[nH]2)cs1.Cl.Cl.Cl. The van der Waals surface area contributed by atoms with Gasteiger partial charge in [0.1, 0.15) is 5.01 Å². The number of thiazole rings is 1. The summed E-state index contributed by atoms with van der Waals surface area (Å²) >= 11 is 3.51. The number of nitrogens with zero attached hydrogens (tertiary/aromatic N) is 4. The average molecular weight is 526 g/mol. The van der Waals surface area contributed by atoms with Gasteiger partial charge in [0, 0.05) is 60.0 Å². The van der Waals surface area contributed by atoms with Gasteiger partial charge in [-0.25, -0.2) is 9.97 Å². The molecule has 12 heteroatoms. The number of anilines is 1. The molecule has 0 atom stereocenters. The normalized spacial score (nSPS) is 10.0. The topological polar surface area (TPSA) is 86.8 Å². The summed E-state index contributed by atoms with van der Waals surface area (Å²) in [7, 11) is 4.09. The molecule has 2 N–H and O–H groups in total. The minimum absolute atomic E-state index is 0. The van der Waals surface area contributed by atoms with Gasteiger partial charge in [-0.1, -0.05) is 6.07 Å². The third kappa shape index (κ3) is 10.2. The van der Waals surface area contributed by atoms with Crippen molar-refractivity contribution >= 4 is 66.3 Å². The second kappa shape index (κ2) is 15.4. The molecule has 0 aliphatic heterocycles. The molecule has 31 heavy (non-hydrogen) atoms. The van der Waals surface area contributed by atoms with E-state index in [1.807, 2.05) is 32.3 Å². The van der Waals surface area contributed by atoms with Crippen LogP contribution in [0.15, 0.2) is 40.8 Å². The fourth-order valence-corrected chi connectivity index (χ4v) is 4.28. The van der Waals surface area contributed by atoms with Crippen LogP contribution in [0.5, 0.6) is 0 Å². The lowest BCUT2D eigenvalue weighted by molar-refractivity contribution is 0.401. The summed E-state index contributed by atoms with van der Waals surface area (Å²) in [4.78, 5) is 30.3. The molecule has 0 aliphatic carbocycles. The van der Waals surface area contributed by atoms with Gasteiger partial charge in [0.25, 0.3) is 5.56 Å². The van der Waals surface area contributed by atoms with Gasteiger partial charge in [-0.2, -0.15) is 11.8 Å². The number of nitrogens with one attached hydrogen (secondary N) is 2. The van der Waals surface area contributed by atoms with E-state index in [1.54, 1.807) is 35.5 Å². The molecule has 0 bridgehead atoms. The average Bonchev–Trinajstić information content (AvgIpc) is 3.11. The molecular formula is C19H27Cl3N6OS2. The van der Waals surface area contributed by atoms with Crippen LogP contribution in [0.1, 0.15) is 22.0 Å². The maximum atomic E-state index is 12.2. The fraction of sp³-hybridized carbons (Fsp3) is 0.368. The number of hydrogen-bond acceptors (Lipinski definition) is 8. The van der Waals surface area contributed by atoms with E-state index in [0.29, 0.717) is 17.9 Å². The highest BCUT2D eigenvalue weighted by Crippen LogP contribution is 2.16. The Hall–Kier alpha value is -1.36. The number of hydrogen-bond donors (Lipinski definition) is 2. The molecule has 0 saturated carbocycles. The second-order valence-corrected chi connectivity index (χ2v) is 8.58. The van der Waals surface area contributed by atoms with E-state index in [0.717, 1.165) is 41.0 Å². The third-order valence-electron chi connectivity index (χ3n) is 3.81. The van der Waals surface area contributed by atoms with Crippen LogP contribution in [0.3, 0.4) is 0 Å². The van der Waals surface area contributed by atoms with Gasteiger partial charge in [0.2, 0.25) is 5.95 Å². The van der Waals surface area contributed by atoms with Crippen molar-refractivity contribution in [3.05, 3.63) is 68.3 Å². The van der Waals surface area contributed by atoms with Gasteiger partial charge < -0.3 is 10.2 Å². The minimum atomic E-state index is -0.133. The van der Waals surface area contributed by atoms with E-state index in [1.165, 1.54) is 0 Å². The Balaban J connectivity index is 0.00000300. The summed E-state index contributed by atoms with van der Waals surface area (Å²) in [5.74, 6) is 2.29. The Bertz CT molecular complexity index is 940. The Morgan fingerprint density at radius 2 is 1.97 bits per heavy atom. The fourth-order valence-electron chi connectivity index (χ4n) is 2.51. The van der Waals surface area contributed by atoms with Crippen LogP contribution in [0.2, 0.25) is 0 Å². The van der Waals surface area contributed by atoms with Crippen molar-refractivity contribution in [1.82, 2.24) is 24.8 Å². The Morgan fingerprint density at radius 3 is 2.65 bits per heavy atom. The maximum Gasteiger partial charge on any atom is 0.255 e. The van der Waals surface area contributed by atoms with E-state index >= 15 is 0 Å². The molecule has 7 nitrogen and oxygen atoms in total. The molecular weight excluding hydrogens is 499 g/mol. The highest BCUT2D eigenvalue weighted by molar-refractivity contribution is 7.98. The van der Waals surface area contributed by atoms with E-state index in [9.17, 15) is 4.79 Å². The van der Waals surface area contributed by atoms with Crippen molar-refractivity contribution < 1.29 is 0 Å². The van der Waals surface area contributed by atoms with E-state index < -0.39 is 0 Å². The number of pyridine rings is 1. The van der Waals surface area contributed by atoms with Gasteiger partial charge >= 0.3 is 0 Å². The van der Waals surface area contributed by atoms with Gasteiger partial charge in [-0.05, 0) is 26.2 Å². The Labute approximate surface area is 209 Å². The molecule has 172 valence electrons. The third-order valence-corrected chi connectivity index (χ3v) is 5.69. The molecule has 3 aromatic heterocycles. The number of aromatic amines is 1. The van der Waals surface area contributed by atoms with Crippen molar-refractivity contribution in [2.24, 2.45) is 0 Å². The van der Waals surface area contributed by atoms with Crippen molar-refractivity contribution in [2.75, 3.05) is 31.7 Å². The maximum absolute atomic E-state index is 12.2. The highest BCUT2D eigenvalue weighted by Gasteiger charge is 2.06. The Kier molecular flexibility index (Phi) is 14.8. The highest BCUT2D eigenvalue weighted by atomic mass is 35.5. The lowest BCUT2D eigenvalue weighted by atomic mass is 10.2. The summed E-state index contributed by atoms with van der Waals surface area (Å²) in [6.45, 7) is 1.61. The van der Waals surface area contributed by atoms with Gasteiger partial charge in [0.15, 0.2) is 0 Å². The first-order valence-corrected chi connectivity index (χ1v) is 11.0. The first-order valence-electron chi connectivity index (χ1n) is 8.98. The summed E-state index contributed by atoms with van der Waals surface area (Å²) < 4.78 is 0. The van der Waals surface area contributed by atoms with Crippen LogP contribution in [0.25, 0.3) is 0 Å². The number of halogens is 3. The Morgan fingerprint density at radius 1 is 1.16 bits per heavy atom. The predicted molar refractivity (Wildman–Crippen MR) is 138 cm³/mol. The first-order chi connectivity index (χ1) is 13.6. The zero-order chi connectivity index (χ0) is 19.8. The monoisotopic (exact) mass is 524 g/mol. The molecule has 0 amide bonds. The van der Waals surface area contributed by atoms with Crippen molar-refractivity contribution in [3.8, 4) is 0 Å². The van der Waals surface area contributed by atoms with Crippen molar-refractivity contribution in [1.29, 1.82) is 0 Å². The molecule has 0 radical (unpaired) electrons. The zero-order valence-corrected chi connectivity index (χ0v) is 21.3. The van der Waals surface area contributed by atoms with E-state index in [2.05, 4.69) is 35.5 Å². The first kappa shape index (κ1) is 29.6. The molecule has 3 rings (SSSR count). The van der Waals surface area contributed by atoms with Crippen LogP contribution in [0.4, 0.5) is 5.95 Å². The van der Waals surface area contributed by atoms with Crippen molar-refractivity contribution in [3.63, 3.8) is 0 Å². The molecule has 3 aromatic rings. The molecule has 0 aliphatic rings. The van der Waals surface area contributed by atoms with Crippen LogP contribution >= 0.6 is 60.3 Å². The van der Waals surface area contributed by atoms with Gasteiger partial charge in [-0.3, -0.25) is 14.8 Å². The molecule has 0 spiro atoms. The largest absolute Gasteiger partial charge is 0.355 e. The summed E-state index contributed by atoms with van der Waals surface area (Å²) in [6, 6.07) is 5.66. The van der Waals surface area contributed by atoms with Crippen LogP contribution in [-0.4, -0.2) is 51.2 Å². The van der Waals surface area contributed by atoms with Crippen LogP contribution in [-0.2, 0) is 18.7 Å². The minimum Gasteiger partial charge on any atom is -0.355 e. The van der Waals surface area contributed by atoms with Crippen LogP contribution in [0, 0.1) is 0 Å². The number of rotatable bonds is 10. The number of aromatic nitrogens is 4. The number of H-pyrrole nitrogens is 1. The second-order valence-electron chi connectivity index (χ2n) is 6.53. The van der Waals surface area contributed by atoms with Crippen molar-refractivity contribution in [2.45, 2.75) is 18.7 Å². The molecule has 0 saturated heterocycles. The summed E-state index contributed by atoms with van der Waals surface area (Å²) in [5, 5.41) is 6.43. The zero-order valence-electron chi connectivity index (χ0n) is 17.2. The van der Waals surface area contributed by atoms with E-state index in [4.69, 9.17) is 0 Å². The summed E-state index contributed by atoms with van der Waals surface area (Å²) in [6.07, 6.45) is 3.81. The molecule has 0 unspecified atom stereocenters. The quantitative estimate of drug-likeness (QED) is 0.388. The van der Waals surface area contributed by atoms with E-state index in [-0.39, 0.29) is 42.8 Å². The van der Waals surface area contributed by atoms with Crippen LogP contribution < -0.4 is 10.9 Å². The predicted octanol–water partition coefficient (Wildman–Crippen LogP) is 3.88. The number of thioether (sulfide) groups is 1. The molecule has 3 heterocycles. The van der Waals surface area contributed by atoms with Gasteiger partial charge in [0.05, 0.1) is 5.69 Å². The van der Waals surface area contributed by atoms with Gasteiger partial charge in [-0.15, -0.1) is 48.6 Å². The molecule has 0 fully saturated rings. The molecule has 0 aromatic carbocycles. The summed E-state index contributed by atoms with van der Waals surface area (Å²) in [5.41, 5.74) is 2.45. The lowest BCUT2D eigenvalue weighted by Crippen LogP contribution is -2.18.